The molecule has 1 N–H and O–H groups in total. The standard InChI is InChI=1S/C17H17FN2O3/c1-3-22-15-7-12-6-10(2)23-14(12)9-13(15)20-17(21)11-4-5-19-16(18)8-11/h4-5,7-10H,3,6H2,1-2H3,(H,20,21). The highest BCUT2D eigenvalue weighted by atomic mass is 19.1. The molecular weight excluding hydrogens is 299 g/mol. The minimum atomic E-state index is -0.700. The molecule has 0 aliphatic carbocycles. The van der Waals surface area contributed by atoms with Gasteiger partial charge in [-0.25, -0.2) is 4.98 Å². The highest BCUT2D eigenvalue weighted by Crippen LogP contribution is 2.38. The molecule has 1 aromatic heterocycles. The number of amides is 1. The summed E-state index contributed by atoms with van der Waals surface area (Å²) in [5.74, 6) is 0.177. The Kier molecular flexibility index (Phi) is 4.14. The lowest BCUT2D eigenvalue weighted by atomic mass is 10.1. The van der Waals surface area contributed by atoms with Gasteiger partial charge in [-0.2, -0.15) is 4.39 Å². The first-order valence-electron chi connectivity index (χ1n) is 7.46. The van der Waals surface area contributed by atoms with Gasteiger partial charge in [0.2, 0.25) is 5.95 Å². The first kappa shape index (κ1) is 15.3. The smallest absolute Gasteiger partial charge is 0.255 e. The Bertz CT molecular complexity index is 749. The number of hydrogen-bond donors (Lipinski definition) is 1. The third-order valence-corrected chi connectivity index (χ3v) is 3.54. The predicted octanol–water partition coefficient (Wildman–Crippen LogP) is 3.20. The minimum Gasteiger partial charge on any atom is -0.492 e. The van der Waals surface area contributed by atoms with Crippen molar-refractivity contribution in [2.75, 3.05) is 11.9 Å². The van der Waals surface area contributed by atoms with Crippen molar-refractivity contribution in [2.24, 2.45) is 0 Å². The van der Waals surface area contributed by atoms with Crippen LogP contribution in [-0.2, 0) is 6.42 Å². The summed E-state index contributed by atoms with van der Waals surface area (Å²) in [6, 6.07) is 6.16. The molecule has 0 bridgehead atoms. The average Bonchev–Trinajstić information content (AvgIpc) is 2.87. The maximum absolute atomic E-state index is 13.2. The second kappa shape index (κ2) is 6.24. The first-order chi connectivity index (χ1) is 11.1. The topological polar surface area (TPSA) is 60.5 Å². The molecule has 0 saturated carbocycles. The highest BCUT2D eigenvalue weighted by Gasteiger charge is 2.22. The number of halogens is 1. The molecule has 0 spiro atoms. The van der Waals surface area contributed by atoms with Crippen LogP contribution in [0.1, 0.15) is 29.8 Å². The SMILES string of the molecule is CCOc1cc2c(cc1NC(=O)c1ccnc(F)c1)OC(C)C2. The Labute approximate surface area is 133 Å². The van der Waals surface area contributed by atoms with Gasteiger partial charge in [0, 0.05) is 35.9 Å². The fourth-order valence-electron chi connectivity index (χ4n) is 2.55. The molecule has 0 saturated heterocycles. The lowest BCUT2D eigenvalue weighted by molar-refractivity contribution is 0.102. The van der Waals surface area contributed by atoms with Gasteiger partial charge in [-0.05, 0) is 26.0 Å². The number of pyridine rings is 1. The molecular formula is C17H17FN2O3. The van der Waals surface area contributed by atoms with E-state index >= 15 is 0 Å². The summed E-state index contributed by atoms with van der Waals surface area (Å²) >= 11 is 0. The molecule has 3 rings (SSSR count). The van der Waals surface area contributed by atoms with E-state index in [2.05, 4.69) is 10.3 Å². The maximum Gasteiger partial charge on any atom is 0.255 e. The molecule has 1 amide bonds. The zero-order chi connectivity index (χ0) is 16.4. The quantitative estimate of drug-likeness (QED) is 0.880. The van der Waals surface area contributed by atoms with E-state index in [0.29, 0.717) is 18.0 Å². The molecule has 6 heteroatoms. The van der Waals surface area contributed by atoms with E-state index in [0.717, 1.165) is 23.8 Å². The van der Waals surface area contributed by atoms with E-state index in [1.54, 1.807) is 6.07 Å². The van der Waals surface area contributed by atoms with Gasteiger partial charge in [-0.3, -0.25) is 4.79 Å². The van der Waals surface area contributed by atoms with E-state index in [1.807, 2.05) is 19.9 Å². The largest absolute Gasteiger partial charge is 0.492 e. The molecule has 1 aromatic carbocycles. The van der Waals surface area contributed by atoms with E-state index in [4.69, 9.17) is 9.47 Å². The van der Waals surface area contributed by atoms with Crippen molar-refractivity contribution < 1.29 is 18.7 Å². The highest BCUT2D eigenvalue weighted by molar-refractivity contribution is 6.05. The van der Waals surface area contributed by atoms with Crippen molar-refractivity contribution in [1.29, 1.82) is 0 Å². The average molecular weight is 316 g/mol. The van der Waals surface area contributed by atoms with Gasteiger partial charge >= 0.3 is 0 Å². The van der Waals surface area contributed by atoms with Crippen LogP contribution in [0, 0.1) is 5.95 Å². The summed E-state index contributed by atoms with van der Waals surface area (Å²) in [6.45, 7) is 4.33. The molecule has 2 aromatic rings. The molecule has 1 atom stereocenters. The van der Waals surface area contributed by atoms with Crippen LogP contribution in [0.25, 0.3) is 0 Å². The van der Waals surface area contributed by atoms with Crippen molar-refractivity contribution in [3.05, 3.63) is 47.5 Å². The number of carbonyl (C=O) groups excluding carboxylic acids is 1. The zero-order valence-electron chi connectivity index (χ0n) is 12.9. The second-order valence-corrected chi connectivity index (χ2v) is 5.34. The van der Waals surface area contributed by atoms with E-state index < -0.39 is 11.9 Å². The normalized spacial score (nSPS) is 15.7. The molecule has 1 unspecified atom stereocenters. The number of benzene rings is 1. The number of aromatic nitrogens is 1. The molecule has 5 nitrogen and oxygen atoms in total. The first-order valence-corrected chi connectivity index (χ1v) is 7.46. The van der Waals surface area contributed by atoms with Gasteiger partial charge in [0.05, 0.1) is 12.3 Å². The molecule has 120 valence electrons. The predicted molar refractivity (Wildman–Crippen MR) is 83.6 cm³/mol. The number of nitrogens with zero attached hydrogens (tertiary/aromatic N) is 1. The van der Waals surface area contributed by atoms with Gasteiger partial charge in [-0.1, -0.05) is 0 Å². The summed E-state index contributed by atoms with van der Waals surface area (Å²) in [5, 5.41) is 2.75. The Hall–Kier alpha value is -2.63. The Morgan fingerprint density at radius 1 is 1.48 bits per heavy atom. The third kappa shape index (κ3) is 3.26. The summed E-state index contributed by atoms with van der Waals surface area (Å²) in [5.41, 5.74) is 1.74. The van der Waals surface area contributed by atoms with Crippen molar-refractivity contribution in [1.82, 2.24) is 4.98 Å². The number of rotatable bonds is 4. The van der Waals surface area contributed by atoms with Crippen LogP contribution < -0.4 is 14.8 Å². The molecule has 1 aliphatic heterocycles. The van der Waals surface area contributed by atoms with Crippen LogP contribution in [0.15, 0.2) is 30.5 Å². The minimum absolute atomic E-state index is 0.0970. The number of hydrogen-bond acceptors (Lipinski definition) is 4. The Morgan fingerprint density at radius 3 is 3.04 bits per heavy atom. The van der Waals surface area contributed by atoms with Crippen molar-refractivity contribution >= 4 is 11.6 Å². The van der Waals surface area contributed by atoms with Gasteiger partial charge < -0.3 is 14.8 Å². The molecule has 0 radical (unpaired) electrons. The van der Waals surface area contributed by atoms with Crippen molar-refractivity contribution in [3.63, 3.8) is 0 Å². The summed E-state index contributed by atoms with van der Waals surface area (Å²) in [6.07, 6.45) is 2.15. The molecule has 1 aliphatic rings. The Balaban J connectivity index is 1.89. The lowest BCUT2D eigenvalue weighted by Gasteiger charge is -2.13. The van der Waals surface area contributed by atoms with Crippen LogP contribution in [0.3, 0.4) is 0 Å². The number of nitrogens with one attached hydrogen (secondary N) is 1. The van der Waals surface area contributed by atoms with Crippen molar-refractivity contribution in [3.8, 4) is 11.5 Å². The van der Waals surface area contributed by atoms with Crippen LogP contribution in [-0.4, -0.2) is 23.6 Å². The van der Waals surface area contributed by atoms with E-state index in [9.17, 15) is 9.18 Å². The number of fused-ring (bicyclic) bond motifs is 1. The second-order valence-electron chi connectivity index (χ2n) is 5.34. The molecule has 2 heterocycles. The van der Waals surface area contributed by atoms with Gasteiger partial charge in [0.1, 0.15) is 17.6 Å². The summed E-state index contributed by atoms with van der Waals surface area (Å²) in [7, 11) is 0. The van der Waals surface area contributed by atoms with Gasteiger partial charge in [0.25, 0.3) is 5.91 Å². The Morgan fingerprint density at radius 2 is 2.30 bits per heavy atom. The van der Waals surface area contributed by atoms with Crippen molar-refractivity contribution in [2.45, 2.75) is 26.4 Å². The zero-order valence-corrected chi connectivity index (χ0v) is 12.9. The van der Waals surface area contributed by atoms with Crippen LogP contribution in [0.5, 0.6) is 11.5 Å². The monoisotopic (exact) mass is 316 g/mol. The number of anilines is 1. The van der Waals surface area contributed by atoms with Crippen LogP contribution in [0.4, 0.5) is 10.1 Å². The number of carbonyl (C=O) groups is 1. The van der Waals surface area contributed by atoms with E-state index in [1.165, 1.54) is 12.3 Å². The maximum atomic E-state index is 13.2. The van der Waals surface area contributed by atoms with E-state index in [-0.39, 0.29) is 11.7 Å². The van der Waals surface area contributed by atoms with Gasteiger partial charge in [0.15, 0.2) is 0 Å². The fraction of sp³-hybridized carbons (Fsp3) is 0.294. The van der Waals surface area contributed by atoms with Gasteiger partial charge in [-0.15, -0.1) is 0 Å². The summed E-state index contributed by atoms with van der Waals surface area (Å²) in [4.78, 5) is 15.7. The molecule has 23 heavy (non-hydrogen) atoms. The lowest BCUT2D eigenvalue weighted by Crippen LogP contribution is -2.13. The summed E-state index contributed by atoms with van der Waals surface area (Å²) < 4.78 is 24.5. The van der Waals surface area contributed by atoms with Crippen LogP contribution >= 0.6 is 0 Å². The number of ether oxygens (including phenoxy) is 2. The molecule has 0 fully saturated rings. The fourth-order valence-corrected chi connectivity index (χ4v) is 2.55. The van der Waals surface area contributed by atoms with Crippen LogP contribution in [0.2, 0.25) is 0 Å². The third-order valence-electron chi connectivity index (χ3n) is 3.54.